The summed E-state index contributed by atoms with van der Waals surface area (Å²) in [5, 5.41) is 8.89. The zero-order valence-electron chi connectivity index (χ0n) is 42.4. The molecule has 366 valence electrons. The maximum Gasteiger partial charge on any atom is 0.137 e. The van der Waals surface area contributed by atoms with Crippen LogP contribution in [-0.2, 0) is 0 Å². The van der Waals surface area contributed by atoms with Crippen LogP contribution in [0.5, 0.6) is 0 Å². The van der Waals surface area contributed by atoms with Crippen LogP contribution in [0.15, 0.2) is 300 Å². The Morgan fingerprint density at radius 1 is 0.205 bits per heavy atom. The molecule has 0 aliphatic rings. The molecule has 0 aliphatic heterocycles. The molecule has 2 heterocycles. The number of furan rings is 2. The van der Waals surface area contributed by atoms with Gasteiger partial charge >= 0.3 is 0 Å². The van der Waals surface area contributed by atoms with Crippen LogP contribution in [0.1, 0.15) is 0 Å². The molecule has 13 aromatic carbocycles. The maximum absolute atomic E-state index is 6.56. The summed E-state index contributed by atoms with van der Waals surface area (Å²) in [4.78, 5) is 4.81. The third-order valence-corrected chi connectivity index (χ3v) is 15.4. The SMILES string of the molecule is c1ccc(-c2ccc(N(c3ccc4c(-c5ccccc5)c5cc(N(c6ccc(-c7ccccc7)cc6)c6cccc7oc8ccccc8c67)ccc5c(-c5ccccc5)c4c3)c3cccc4oc5ccccc5c34)cc2)cc1. The van der Waals surface area contributed by atoms with Gasteiger partial charge in [-0.15, -0.1) is 0 Å². The lowest BCUT2D eigenvalue weighted by molar-refractivity contribution is 0.668. The fourth-order valence-electron chi connectivity index (χ4n) is 11.9. The van der Waals surface area contributed by atoms with Gasteiger partial charge in [0, 0.05) is 33.5 Å². The van der Waals surface area contributed by atoms with Gasteiger partial charge < -0.3 is 18.6 Å². The summed E-state index contributed by atoms with van der Waals surface area (Å²) in [7, 11) is 0. The summed E-state index contributed by atoms with van der Waals surface area (Å²) in [5.41, 5.74) is 18.9. The average molecular weight is 997 g/mol. The van der Waals surface area contributed by atoms with E-state index < -0.39 is 0 Å². The molecule has 0 amide bonds. The first kappa shape index (κ1) is 45.0. The molecule has 4 nitrogen and oxygen atoms in total. The Kier molecular flexibility index (Phi) is 10.8. The number of benzene rings is 13. The van der Waals surface area contributed by atoms with Gasteiger partial charge in [-0.2, -0.15) is 0 Å². The smallest absolute Gasteiger partial charge is 0.137 e. The molecular weight excluding hydrogens is 949 g/mol. The summed E-state index contributed by atoms with van der Waals surface area (Å²) in [6.07, 6.45) is 0. The maximum atomic E-state index is 6.56. The quantitative estimate of drug-likeness (QED) is 0.128. The van der Waals surface area contributed by atoms with Crippen LogP contribution >= 0.6 is 0 Å². The van der Waals surface area contributed by atoms with Crippen molar-refractivity contribution in [3.05, 3.63) is 291 Å². The van der Waals surface area contributed by atoms with E-state index in [2.05, 4.69) is 289 Å². The highest BCUT2D eigenvalue weighted by Crippen LogP contribution is 2.51. The van der Waals surface area contributed by atoms with Crippen molar-refractivity contribution in [1.82, 2.24) is 0 Å². The van der Waals surface area contributed by atoms with E-state index in [1.165, 1.54) is 22.3 Å². The second-order valence-electron chi connectivity index (χ2n) is 19.9. The topological polar surface area (TPSA) is 32.8 Å². The molecule has 0 N–H and O–H groups in total. The van der Waals surface area contributed by atoms with Gasteiger partial charge in [-0.25, -0.2) is 0 Å². The van der Waals surface area contributed by atoms with Crippen LogP contribution < -0.4 is 9.80 Å². The zero-order valence-corrected chi connectivity index (χ0v) is 42.4. The molecule has 0 aliphatic carbocycles. The number of nitrogens with zero attached hydrogens (tertiary/aromatic N) is 2. The Morgan fingerprint density at radius 3 is 0.923 bits per heavy atom. The molecule has 2 aromatic heterocycles. The van der Waals surface area contributed by atoms with E-state index in [1.54, 1.807) is 0 Å². The molecule has 0 spiro atoms. The lowest BCUT2D eigenvalue weighted by Crippen LogP contribution is -2.11. The van der Waals surface area contributed by atoms with Gasteiger partial charge in [0.1, 0.15) is 22.3 Å². The number of hydrogen-bond acceptors (Lipinski definition) is 4. The van der Waals surface area contributed by atoms with Crippen molar-refractivity contribution in [1.29, 1.82) is 0 Å². The fraction of sp³-hybridized carbons (Fsp3) is 0. The van der Waals surface area contributed by atoms with Gasteiger partial charge in [0.05, 0.1) is 22.1 Å². The number of anilines is 6. The summed E-state index contributed by atoms with van der Waals surface area (Å²) in [6.45, 7) is 0. The van der Waals surface area contributed by atoms with Crippen LogP contribution in [-0.4, -0.2) is 0 Å². The minimum absolute atomic E-state index is 0.844. The van der Waals surface area contributed by atoms with Gasteiger partial charge in [-0.05, 0) is 151 Å². The van der Waals surface area contributed by atoms with Gasteiger partial charge in [-0.1, -0.05) is 206 Å². The van der Waals surface area contributed by atoms with E-state index in [0.717, 1.165) is 122 Å². The standard InChI is InChI=1S/C74H48N2O2/c1-5-19-49(20-6-1)51-35-39-55(40-36-51)75(65-29-17-33-69-73(65)61-27-13-15-31-67(61)77-69)57-43-45-59-63(47-57)71(53-23-9-3-10-24-53)60-46-44-58(48-64(60)72(59)54-25-11-4-12-26-54)76(56-41-37-52(38-42-56)50-21-7-2-8-22-50)66-30-18-34-70-74(66)62-28-14-16-32-68(62)78-70/h1-48H. The number of hydrogen-bond donors (Lipinski definition) is 0. The van der Waals surface area contributed by atoms with Crippen molar-refractivity contribution in [2.24, 2.45) is 0 Å². The van der Waals surface area contributed by atoms with Crippen LogP contribution in [0.2, 0.25) is 0 Å². The lowest BCUT2D eigenvalue weighted by atomic mass is 9.85. The van der Waals surface area contributed by atoms with E-state index in [-0.39, 0.29) is 0 Å². The summed E-state index contributed by atoms with van der Waals surface area (Å²) < 4.78 is 13.1. The highest BCUT2D eigenvalue weighted by molar-refractivity contribution is 6.23. The van der Waals surface area contributed by atoms with Crippen molar-refractivity contribution in [3.8, 4) is 44.5 Å². The number of rotatable bonds is 10. The third-order valence-electron chi connectivity index (χ3n) is 15.4. The monoisotopic (exact) mass is 996 g/mol. The number of para-hydroxylation sites is 2. The fourth-order valence-corrected chi connectivity index (χ4v) is 11.9. The Bertz CT molecular complexity index is 4400. The highest BCUT2D eigenvalue weighted by Gasteiger charge is 2.25. The second-order valence-corrected chi connectivity index (χ2v) is 19.9. The van der Waals surface area contributed by atoms with Gasteiger partial charge in [0.15, 0.2) is 0 Å². The molecule has 0 radical (unpaired) electrons. The molecule has 0 saturated carbocycles. The van der Waals surface area contributed by atoms with Gasteiger partial charge in [-0.3, -0.25) is 0 Å². The van der Waals surface area contributed by atoms with E-state index in [9.17, 15) is 0 Å². The van der Waals surface area contributed by atoms with Crippen molar-refractivity contribution >= 4 is 99.5 Å². The van der Waals surface area contributed by atoms with Crippen LogP contribution in [0.4, 0.5) is 34.1 Å². The van der Waals surface area contributed by atoms with E-state index in [0.29, 0.717) is 0 Å². The lowest BCUT2D eigenvalue weighted by Gasteiger charge is -2.29. The molecule has 78 heavy (non-hydrogen) atoms. The van der Waals surface area contributed by atoms with Crippen molar-refractivity contribution < 1.29 is 8.83 Å². The second kappa shape index (κ2) is 18.7. The molecule has 4 heteroatoms. The zero-order chi connectivity index (χ0) is 51.5. The number of fused-ring (bicyclic) bond motifs is 8. The first-order chi connectivity index (χ1) is 38.7. The Hall–Kier alpha value is -10.4. The molecule has 0 fully saturated rings. The van der Waals surface area contributed by atoms with E-state index >= 15 is 0 Å². The summed E-state index contributed by atoms with van der Waals surface area (Å²) in [5.74, 6) is 0. The largest absolute Gasteiger partial charge is 0.456 e. The van der Waals surface area contributed by atoms with E-state index in [1.807, 2.05) is 12.1 Å². The molecule has 0 saturated heterocycles. The predicted molar refractivity (Wildman–Crippen MR) is 327 cm³/mol. The minimum atomic E-state index is 0.844. The predicted octanol–water partition coefficient (Wildman–Crippen LogP) is 21.4. The highest BCUT2D eigenvalue weighted by atomic mass is 16.3. The normalized spacial score (nSPS) is 11.6. The molecule has 15 rings (SSSR count). The third kappa shape index (κ3) is 7.61. The van der Waals surface area contributed by atoms with Crippen molar-refractivity contribution in [3.63, 3.8) is 0 Å². The molecule has 0 bridgehead atoms. The summed E-state index contributed by atoms with van der Waals surface area (Å²) >= 11 is 0. The van der Waals surface area contributed by atoms with E-state index in [4.69, 9.17) is 8.83 Å². The molecule has 0 atom stereocenters. The van der Waals surface area contributed by atoms with Crippen molar-refractivity contribution in [2.75, 3.05) is 9.80 Å². The molecule has 0 unspecified atom stereocenters. The van der Waals surface area contributed by atoms with Crippen molar-refractivity contribution in [2.45, 2.75) is 0 Å². The Labute approximate surface area is 451 Å². The van der Waals surface area contributed by atoms with Gasteiger partial charge in [0.2, 0.25) is 0 Å². The first-order valence-corrected chi connectivity index (χ1v) is 26.6. The first-order valence-electron chi connectivity index (χ1n) is 26.6. The average Bonchev–Trinajstić information content (AvgIpc) is 4.19. The van der Waals surface area contributed by atoms with Crippen LogP contribution in [0.25, 0.3) is 110 Å². The Balaban J connectivity index is 0.997. The minimum Gasteiger partial charge on any atom is -0.456 e. The molecule has 15 aromatic rings. The molecular formula is C74H48N2O2. The Morgan fingerprint density at radius 2 is 0.526 bits per heavy atom. The summed E-state index contributed by atoms with van der Waals surface area (Å²) in [6, 6.07) is 105. The van der Waals surface area contributed by atoms with Crippen LogP contribution in [0.3, 0.4) is 0 Å². The van der Waals surface area contributed by atoms with Gasteiger partial charge in [0.25, 0.3) is 0 Å². The van der Waals surface area contributed by atoms with Crippen LogP contribution in [0, 0.1) is 0 Å².